The Labute approximate surface area is 109 Å². The number of rotatable bonds is 1. The van der Waals surface area contributed by atoms with Gasteiger partial charge >= 0.3 is 0 Å². The molecule has 0 radical (unpaired) electrons. The summed E-state index contributed by atoms with van der Waals surface area (Å²) in [6, 6.07) is 17.5. The molecule has 2 aromatic rings. The summed E-state index contributed by atoms with van der Waals surface area (Å²) in [4.78, 5) is 0. The molecule has 0 saturated carbocycles. The van der Waals surface area contributed by atoms with Crippen LogP contribution in [0, 0.1) is 0 Å². The van der Waals surface area contributed by atoms with Crippen LogP contribution in [-0.2, 0) is 0 Å². The van der Waals surface area contributed by atoms with Gasteiger partial charge in [0.05, 0.1) is 0 Å². The molecule has 1 heteroatoms. The minimum atomic E-state index is 0.208. The van der Waals surface area contributed by atoms with Crippen molar-refractivity contribution in [2.45, 2.75) is 31.7 Å². The maximum Gasteiger partial charge on any atom is 0.0298 e. The topological polar surface area (TPSA) is 26.0 Å². The summed E-state index contributed by atoms with van der Waals surface area (Å²) in [5, 5.41) is 0. The van der Waals surface area contributed by atoms with Crippen molar-refractivity contribution in [1.29, 1.82) is 0 Å². The van der Waals surface area contributed by atoms with E-state index in [1.54, 1.807) is 0 Å². The van der Waals surface area contributed by atoms with Gasteiger partial charge in [-0.15, -0.1) is 0 Å². The Morgan fingerprint density at radius 1 is 0.889 bits per heavy atom. The van der Waals surface area contributed by atoms with Gasteiger partial charge in [-0.2, -0.15) is 0 Å². The van der Waals surface area contributed by atoms with Crippen LogP contribution >= 0.6 is 0 Å². The van der Waals surface area contributed by atoms with Crippen molar-refractivity contribution in [3.63, 3.8) is 0 Å². The average Bonchev–Trinajstić information content (AvgIpc) is 2.44. The third-order valence-corrected chi connectivity index (χ3v) is 4.03. The molecule has 0 heterocycles. The molecule has 18 heavy (non-hydrogen) atoms. The maximum atomic E-state index is 6.26. The fraction of sp³-hybridized carbons (Fsp3) is 0.294. The Hall–Kier alpha value is -1.60. The predicted molar refractivity (Wildman–Crippen MR) is 76.5 cm³/mol. The van der Waals surface area contributed by atoms with Crippen LogP contribution in [0.15, 0.2) is 48.5 Å². The van der Waals surface area contributed by atoms with E-state index >= 15 is 0 Å². The van der Waals surface area contributed by atoms with Gasteiger partial charge in [0.1, 0.15) is 0 Å². The average molecular weight is 237 g/mol. The minimum absolute atomic E-state index is 0.208. The molecule has 1 aliphatic rings. The largest absolute Gasteiger partial charge is 0.324 e. The Balaban J connectivity index is 2.08. The highest BCUT2D eigenvalue weighted by atomic mass is 14.6. The van der Waals surface area contributed by atoms with Crippen LogP contribution in [0.1, 0.15) is 42.9 Å². The highest BCUT2D eigenvalue weighted by Gasteiger charge is 2.22. The Kier molecular flexibility index (Phi) is 2.92. The molecule has 3 rings (SSSR count). The first-order valence-electron chi connectivity index (χ1n) is 6.70. The van der Waals surface area contributed by atoms with Gasteiger partial charge in [-0.25, -0.2) is 0 Å². The number of hydrogen-bond donors (Lipinski definition) is 1. The van der Waals surface area contributed by atoms with E-state index in [-0.39, 0.29) is 6.04 Å². The molecule has 2 N–H and O–H groups in total. The lowest BCUT2D eigenvalue weighted by molar-refractivity contribution is 0.514. The molecule has 0 spiro atoms. The summed E-state index contributed by atoms with van der Waals surface area (Å²) in [5.41, 5.74) is 11.6. The molecule has 1 unspecified atom stereocenters. The molecular formula is C17H19N. The first-order chi connectivity index (χ1) is 8.75. The van der Waals surface area contributed by atoms with Gasteiger partial charge in [0.25, 0.3) is 0 Å². The fourth-order valence-electron chi connectivity index (χ4n) is 2.90. The molecule has 0 fully saturated rings. The van der Waals surface area contributed by atoms with Crippen molar-refractivity contribution >= 4 is 0 Å². The second-order valence-corrected chi connectivity index (χ2v) is 5.29. The SMILES string of the molecule is CC1CC[C@H](N)c2cc(-c3ccccc3)ccc21. The van der Waals surface area contributed by atoms with Gasteiger partial charge in [0, 0.05) is 6.04 Å². The van der Waals surface area contributed by atoms with Crippen molar-refractivity contribution in [1.82, 2.24) is 0 Å². The number of nitrogens with two attached hydrogens (primary N) is 1. The van der Waals surface area contributed by atoms with Crippen molar-refractivity contribution < 1.29 is 0 Å². The lowest BCUT2D eigenvalue weighted by Gasteiger charge is -2.28. The number of benzene rings is 2. The van der Waals surface area contributed by atoms with Crippen molar-refractivity contribution in [3.05, 3.63) is 59.7 Å². The summed E-state index contributed by atoms with van der Waals surface area (Å²) in [6.07, 6.45) is 2.31. The van der Waals surface area contributed by atoms with Crippen LogP contribution in [0.3, 0.4) is 0 Å². The van der Waals surface area contributed by atoms with Gasteiger partial charge in [0.15, 0.2) is 0 Å². The van der Waals surface area contributed by atoms with Crippen molar-refractivity contribution in [2.75, 3.05) is 0 Å². The van der Waals surface area contributed by atoms with Crippen LogP contribution < -0.4 is 5.73 Å². The number of hydrogen-bond acceptors (Lipinski definition) is 1. The summed E-state index contributed by atoms with van der Waals surface area (Å²) >= 11 is 0. The fourth-order valence-corrected chi connectivity index (χ4v) is 2.90. The normalized spacial score (nSPS) is 22.6. The van der Waals surface area contributed by atoms with Crippen LogP contribution in [0.25, 0.3) is 11.1 Å². The van der Waals surface area contributed by atoms with Gasteiger partial charge < -0.3 is 5.73 Å². The molecule has 1 aliphatic carbocycles. The first kappa shape index (κ1) is 11.5. The molecule has 92 valence electrons. The first-order valence-corrected chi connectivity index (χ1v) is 6.70. The molecule has 0 aromatic heterocycles. The second-order valence-electron chi connectivity index (χ2n) is 5.29. The Bertz CT molecular complexity index is 545. The van der Waals surface area contributed by atoms with Gasteiger partial charge in [-0.3, -0.25) is 0 Å². The molecular weight excluding hydrogens is 218 g/mol. The smallest absolute Gasteiger partial charge is 0.0298 e. The third kappa shape index (κ3) is 1.95. The van der Waals surface area contributed by atoms with E-state index in [0.717, 1.165) is 6.42 Å². The van der Waals surface area contributed by atoms with Crippen LogP contribution in [0.4, 0.5) is 0 Å². The highest BCUT2D eigenvalue weighted by molar-refractivity contribution is 5.65. The van der Waals surface area contributed by atoms with E-state index in [1.807, 2.05) is 0 Å². The van der Waals surface area contributed by atoms with Crippen LogP contribution in [-0.4, -0.2) is 0 Å². The maximum absolute atomic E-state index is 6.26. The highest BCUT2D eigenvalue weighted by Crippen LogP contribution is 2.37. The zero-order valence-corrected chi connectivity index (χ0v) is 10.8. The molecule has 0 aliphatic heterocycles. The molecule has 2 atom stereocenters. The van der Waals surface area contributed by atoms with E-state index in [0.29, 0.717) is 5.92 Å². The third-order valence-electron chi connectivity index (χ3n) is 4.03. The van der Waals surface area contributed by atoms with Crippen molar-refractivity contribution in [3.8, 4) is 11.1 Å². The summed E-state index contributed by atoms with van der Waals surface area (Å²) in [5.74, 6) is 0.643. The lowest BCUT2D eigenvalue weighted by atomic mass is 9.80. The molecule has 2 aromatic carbocycles. The van der Waals surface area contributed by atoms with E-state index in [4.69, 9.17) is 5.73 Å². The second kappa shape index (κ2) is 4.58. The predicted octanol–water partition coefficient (Wildman–Crippen LogP) is 4.25. The monoisotopic (exact) mass is 237 g/mol. The van der Waals surface area contributed by atoms with Crippen molar-refractivity contribution in [2.24, 2.45) is 5.73 Å². The zero-order valence-electron chi connectivity index (χ0n) is 10.8. The van der Waals surface area contributed by atoms with E-state index in [9.17, 15) is 0 Å². The lowest BCUT2D eigenvalue weighted by Crippen LogP contribution is -2.19. The van der Waals surface area contributed by atoms with Gasteiger partial charge in [0.2, 0.25) is 0 Å². The number of fused-ring (bicyclic) bond motifs is 1. The minimum Gasteiger partial charge on any atom is -0.324 e. The molecule has 0 bridgehead atoms. The quantitative estimate of drug-likeness (QED) is 0.788. The summed E-state index contributed by atoms with van der Waals surface area (Å²) < 4.78 is 0. The molecule has 1 nitrogen and oxygen atoms in total. The molecule has 0 amide bonds. The van der Waals surface area contributed by atoms with Gasteiger partial charge in [-0.1, -0.05) is 49.4 Å². The van der Waals surface area contributed by atoms with E-state index in [1.165, 1.54) is 28.7 Å². The summed E-state index contributed by atoms with van der Waals surface area (Å²) in [7, 11) is 0. The zero-order chi connectivity index (χ0) is 12.5. The van der Waals surface area contributed by atoms with E-state index in [2.05, 4.69) is 55.5 Å². The standard InChI is InChI=1S/C17H19N/c1-12-7-10-17(18)16-11-14(8-9-15(12)16)13-5-3-2-4-6-13/h2-6,8-9,11-12,17H,7,10,18H2,1H3/t12?,17-/m0/s1. The molecule has 0 saturated heterocycles. The van der Waals surface area contributed by atoms with Crippen LogP contribution in [0.5, 0.6) is 0 Å². The van der Waals surface area contributed by atoms with Gasteiger partial charge in [-0.05, 0) is 47.1 Å². The summed E-state index contributed by atoms with van der Waals surface area (Å²) in [6.45, 7) is 2.30. The van der Waals surface area contributed by atoms with Crippen LogP contribution in [0.2, 0.25) is 0 Å². The Morgan fingerprint density at radius 3 is 2.44 bits per heavy atom. The van der Waals surface area contributed by atoms with E-state index < -0.39 is 0 Å². The Morgan fingerprint density at radius 2 is 1.67 bits per heavy atom.